The van der Waals surface area contributed by atoms with Gasteiger partial charge in [-0.15, -0.1) is 0 Å². The second-order valence-corrected chi connectivity index (χ2v) is 4.36. The molecule has 0 radical (unpaired) electrons. The van der Waals surface area contributed by atoms with Crippen molar-refractivity contribution in [3.63, 3.8) is 0 Å². The average Bonchev–Trinajstić information content (AvgIpc) is 2.32. The van der Waals surface area contributed by atoms with Gasteiger partial charge in [-0.05, 0) is 20.3 Å². The molecule has 0 aliphatic carbocycles. The minimum atomic E-state index is -0.429. The van der Waals surface area contributed by atoms with E-state index >= 15 is 0 Å². The fourth-order valence-corrected chi connectivity index (χ4v) is 1.92. The molecule has 1 unspecified atom stereocenters. The highest BCUT2D eigenvalue weighted by molar-refractivity contribution is 6.01. The Balaban J connectivity index is 2.10. The van der Waals surface area contributed by atoms with Gasteiger partial charge in [-0.25, -0.2) is 9.97 Å². The molecule has 7 nitrogen and oxygen atoms in total. The molecular formula is C12H17N5O2. The summed E-state index contributed by atoms with van der Waals surface area (Å²) in [6.07, 6.45) is 0.817. The van der Waals surface area contributed by atoms with E-state index in [0.29, 0.717) is 30.3 Å². The number of anilines is 2. The molecule has 1 atom stereocenters. The Kier molecular flexibility index (Phi) is 3.94. The van der Waals surface area contributed by atoms with E-state index in [2.05, 4.69) is 25.9 Å². The first-order chi connectivity index (χ1) is 9.08. The van der Waals surface area contributed by atoms with Gasteiger partial charge < -0.3 is 10.6 Å². The van der Waals surface area contributed by atoms with Crippen molar-refractivity contribution in [2.45, 2.75) is 32.7 Å². The lowest BCUT2D eigenvalue weighted by Crippen LogP contribution is -2.47. The zero-order valence-electron chi connectivity index (χ0n) is 11.0. The number of nitrogens with one attached hydrogen (secondary N) is 3. The van der Waals surface area contributed by atoms with Crippen LogP contribution >= 0.6 is 0 Å². The third kappa shape index (κ3) is 3.40. The molecule has 2 amide bonds. The summed E-state index contributed by atoms with van der Waals surface area (Å²) < 4.78 is 0. The van der Waals surface area contributed by atoms with E-state index in [1.54, 1.807) is 13.0 Å². The molecule has 2 rings (SSSR count). The van der Waals surface area contributed by atoms with Crippen LogP contribution in [0.15, 0.2) is 6.07 Å². The molecule has 7 heteroatoms. The van der Waals surface area contributed by atoms with Crippen LogP contribution < -0.4 is 16.0 Å². The SMILES string of the molecule is CCNc1cc(NC2CCC(=O)NC2=O)nc(C)n1. The Labute approximate surface area is 111 Å². The quantitative estimate of drug-likeness (QED) is 0.682. The molecule has 102 valence electrons. The van der Waals surface area contributed by atoms with E-state index in [1.165, 1.54) is 0 Å². The first-order valence-corrected chi connectivity index (χ1v) is 6.28. The molecule has 19 heavy (non-hydrogen) atoms. The van der Waals surface area contributed by atoms with Gasteiger partial charge in [0.15, 0.2) is 0 Å². The summed E-state index contributed by atoms with van der Waals surface area (Å²) in [7, 11) is 0. The van der Waals surface area contributed by atoms with Gasteiger partial charge in [0.1, 0.15) is 23.5 Å². The molecule has 1 fully saturated rings. The molecule has 1 aliphatic rings. The van der Waals surface area contributed by atoms with Crippen molar-refractivity contribution in [1.82, 2.24) is 15.3 Å². The summed E-state index contributed by atoms with van der Waals surface area (Å²) in [5, 5.41) is 8.44. The smallest absolute Gasteiger partial charge is 0.249 e. The average molecular weight is 263 g/mol. The van der Waals surface area contributed by atoms with Crippen LogP contribution in [0, 0.1) is 6.92 Å². The summed E-state index contributed by atoms with van der Waals surface area (Å²) in [5.41, 5.74) is 0. The minimum absolute atomic E-state index is 0.227. The van der Waals surface area contributed by atoms with Crippen molar-refractivity contribution >= 4 is 23.5 Å². The monoisotopic (exact) mass is 263 g/mol. The predicted molar refractivity (Wildman–Crippen MR) is 70.7 cm³/mol. The zero-order valence-corrected chi connectivity index (χ0v) is 11.0. The van der Waals surface area contributed by atoms with Gasteiger partial charge in [-0.3, -0.25) is 14.9 Å². The maximum absolute atomic E-state index is 11.7. The second kappa shape index (κ2) is 5.64. The van der Waals surface area contributed by atoms with Crippen LogP contribution in [0.3, 0.4) is 0 Å². The van der Waals surface area contributed by atoms with Crippen LogP contribution in [0.1, 0.15) is 25.6 Å². The highest BCUT2D eigenvalue weighted by atomic mass is 16.2. The zero-order chi connectivity index (χ0) is 13.8. The summed E-state index contributed by atoms with van der Waals surface area (Å²) in [6.45, 7) is 4.52. The summed E-state index contributed by atoms with van der Waals surface area (Å²) in [6, 6.07) is 1.32. The highest BCUT2D eigenvalue weighted by Gasteiger charge is 2.26. The lowest BCUT2D eigenvalue weighted by atomic mass is 10.1. The number of nitrogens with zero attached hydrogens (tertiary/aromatic N) is 2. The molecular weight excluding hydrogens is 246 g/mol. The number of carbonyl (C=O) groups is 2. The molecule has 0 bridgehead atoms. The topological polar surface area (TPSA) is 96.0 Å². The number of rotatable bonds is 4. The number of imide groups is 1. The summed E-state index contributed by atoms with van der Waals surface area (Å²) in [4.78, 5) is 31.2. The molecule has 0 saturated carbocycles. The Bertz CT molecular complexity index is 503. The van der Waals surface area contributed by atoms with Crippen molar-refractivity contribution in [1.29, 1.82) is 0 Å². The van der Waals surface area contributed by atoms with Crippen LogP contribution in [0.25, 0.3) is 0 Å². The standard InChI is InChI=1S/C12H17N5O2/c1-3-13-9-6-10(15-7(2)14-9)16-8-4-5-11(18)17-12(8)19/h6,8H,3-5H2,1-2H3,(H,17,18,19)(H2,13,14,15,16). The molecule has 0 spiro atoms. The van der Waals surface area contributed by atoms with Gasteiger partial charge in [0.2, 0.25) is 11.8 Å². The predicted octanol–water partition coefficient (Wildman–Crippen LogP) is 0.434. The third-order valence-electron chi connectivity index (χ3n) is 2.76. The number of hydrogen-bond acceptors (Lipinski definition) is 6. The molecule has 1 aliphatic heterocycles. The molecule has 0 aromatic carbocycles. The van der Waals surface area contributed by atoms with Crippen molar-refractivity contribution in [3.8, 4) is 0 Å². The van der Waals surface area contributed by atoms with Crippen molar-refractivity contribution in [3.05, 3.63) is 11.9 Å². The van der Waals surface area contributed by atoms with E-state index in [4.69, 9.17) is 0 Å². The van der Waals surface area contributed by atoms with E-state index in [1.807, 2.05) is 6.92 Å². The van der Waals surface area contributed by atoms with E-state index in [0.717, 1.165) is 6.54 Å². The number of carbonyl (C=O) groups excluding carboxylic acids is 2. The lowest BCUT2D eigenvalue weighted by molar-refractivity contribution is -0.133. The van der Waals surface area contributed by atoms with Crippen LogP contribution in [-0.2, 0) is 9.59 Å². The number of piperidine rings is 1. The maximum atomic E-state index is 11.7. The lowest BCUT2D eigenvalue weighted by Gasteiger charge is -2.22. The third-order valence-corrected chi connectivity index (χ3v) is 2.76. The van der Waals surface area contributed by atoms with Gasteiger partial charge in [0, 0.05) is 19.0 Å². The van der Waals surface area contributed by atoms with E-state index in [9.17, 15) is 9.59 Å². The Hall–Kier alpha value is -2.18. The van der Waals surface area contributed by atoms with Crippen molar-refractivity contribution in [2.75, 3.05) is 17.2 Å². The summed E-state index contributed by atoms with van der Waals surface area (Å²) in [5.74, 6) is 1.38. The minimum Gasteiger partial charge on any atom is -0.370 e. The number of aromatic nitrogens is 2. The highest BCUT2D eigenvalue weighted by Crippen LogP contribution is 2.15. The number of hydrogen-bond donors (Lipinski definition) is 3. The van der Waals surface area contributed by atoms with E-state index < -0.39 is 6.04 Å². The van der Waals surface area contributed by atoms with Gasteiger partial charge in [0.05, 0.1) is 0 Å². The van der Waals surface area contributed by atoms with Gasteiger partial charge in [-0.2, -0.15) is 0 Å². The van der Waals surface area contributed by atoms with Gasteiger partial charge in [-0.1, -0.05) is 0 Å². The Morgan fingerprint density at radius 1 is 1.37 bits per heavy atom. The first-order valence-electron chi connectivity index (χ1n) is 6.28. The summed E-state index contributed by atoms with van der Waals surface area (Å²) >= 11 is 0. The van der Waals surface area contributed by atoms with Crippen molar-refractivity contribution in [2.24, 2.45) is 0 Å². The fraction of sp³-hybridized carbons (Fsp3) is 0.500. The number of aryl methyl sites for hydroxylation is 1. The van der Waals surface area contributed by atoms with Crippen LogP contribution in [-0.4, -0.2) is 34.4 Å². The van der Waals surface area contributed by atoms with Crippen LogP contribution in [0.2, 0.25) is 0 Å². The van der Waals surface area contributed by atoms with Gasteiger partial charge in [0.25, 0.3) is 0 Å². The number of amides is 2. The molecule has 1 aromatic rings. The molecule has 1 aromatic heterocycles. The second-order valence-electron chi connectivity index (χ2n) is 4.36. The Morgan fingerprint density at radius 3 is 2.79 bits per heavy atom. The largest absolute Gasteiger partial charge is 0.370 e. The maximum Gasteiger partial charge on any atom is 0.249 e. The van der Waals surface area contributed by atoms with Crippen molar-refractivity contribution < 1.29 is 9.59 Å². The fourth-order valence-electron chi connectivity index (χ4n) is 1.92. The Morgan fingerprint density at radius 2 is 2.11 bits per heavy atom. The first kappa shape index (κ1) is 13.3. The van der Waals surface area contributed by atoms with Crippen LogP contribution in [0.5, 0.6) is 0 Å². The molecule has 2 heterocycles. The van der Waals surface area contributed by atoms with Gasteiger partial charge >= 0.3 is 0 Å². The normalized spacial score (nSPS) is 18.9. The molecule has 3 N–H and O–H groups in total. The molecule has 1 saturated heterocycles. The van der Waals surface area contributed by atoms with Crippen LogP contribution in [0.4, 0.5) is 11.6 Å². The van der Waals surface area contributed by atoms with E-state index in [-0.39, 0.29) is 11.8 Å².